The summed E-state index contributed by atoms with van der Waals surface area (Å²) in [7, 11) is 1.81. The first-order valence-corrected chi connectivity index (χ1v) is 10.4. The number of hydrogen-bond donors (Lipinski definition) is 2. The van der Waals surface area contributed by atoms with Gasteiger partial charge in [0.1, 0.15) is 0 Å². The highest BCUT2D eigenvalue weighted by molar-refractivity contribution is 14.0. The number of thiazole rings is 1. The molecule has 0 aliphatic carbocycles. The monoisotopic (exact) mass is 515 g/mol. The summed E-state index contributed by atoms with van der Waals surface area (Å²) >= 11 is 1.79. The van der Waals surface area contributed by atoms with Gasteiger partial charge in [-0.1, -0.05) is 25.1 Å². The second kappa shape index (κ2) is 12.2. The number of nitrogens with one attached hydrogen (secondary N) is 2. The average molecular weight is 515 g/mol. The third-order valence-electron chi connectivity index (χ3n) is 4.59. The fraction of sp³-hybridized carbons (Fsp3) is 0.500. The smallest absolute Gasteiger partial charge is 0.191 e. The molecule has 1 aliphatic heterocycles. The molecule has 0 unspecified atom stereocenters. The van der Waals surface area contributed by atoms with E-state index in [0.717, 1.165) is 58.2 Å². The molecule has 1 saturated heterocycles. The van der Waals surface area contributed by atoms with Crippen LogP contribution in [0.1, 0.15) is 22.4 Å². The van der Waals surface area contributed by atoms with E-state index in [9.17, 15) is 0 Å². The average Bonchev–Trinajstić information content (AvgIpc) is 3.19. The standard InChI is InChI=1S/C20H29N5OS.HI/c1-3-17-15-23-19(27-17)8-9-22-20(21-2)24-14-16-6-4-5-7-18(16)25-10-12-26-13-11-25;/h4-7,15H,3,8-14H2,1-2H3,(H2,21,22,24);1H. The molecule has 1 aliphatic rings. The molecule has 0 bridgehead atoms. The number of morpholine rings is 1. The molecule has 2 aromatic rings. The molecule has 8 heteroatoms. The first kappa shape index (κ1) is 22.9. The van der Waals surface area contributed by atoms with Crippen LogP contribution >= 0.6 is 35.3 Å². The number of aromatic nitrogens is 1. The number of halogens is 1. The summed E-state index contributed by atoms with van der Waals surface area (Å²) in [5.41, 5.74) is 2.55. The third-order valence-corrected chi connectivity index (χ3v) is 5.80. The van der Waals surface area contributed by atoms with Gasteiger partial charge in [-0.25, -0.2) is 4.98 Å². The summed E-state index contributed by atoms with van der Waals surface area (Å²) < 4.78 is 5.48. The first-order valence-electron chi connectivity index (χ1n) is 9.59. The Morgan fingerprint density at radius 2 is 2.04 bits per heavy atom. The van der Waals surface area contributed by atoms with E-state index in [-0.39, 0.29) is 24.0 Å². The molecule has 0 amide bonds. The van der Waals surface area contributed by atoms with E-state index >= 15 is 0 Å². The SMILES string of the molecule is CCc1cnc(CCNC(=NC)NCc2ccccc2N2CCOCC2)s1.I. The Bertz CT molecular complexity index is 746. The molecule has 2 heterocycles. The first-order chi connectivity index (χ1) is 13.3. The molecule has 6 nitrogen and oxygen atoms in total. The Labute approximate surface area is 188 Å². The number of hydrogen-bond acceptors (Lipinski definition) is 5. The third kappa shape index (κ3) is 6.59. The maximum Gasteiger partial charge on any atom is 0.191 e. The van der Waals surface area contributed by atoms with Gasteiger partial charge in [0.15, 0.2) is 5.96 Å². The summed E-state index contributed by atoms with van der Waals surface area (Å²) in [6, 6.07) is 8.55. The van der Waals surface area contributed by atoms with Crippen molar-refractivity contribution in [2.24, 2.45) is 4.99 Å². The van der Waals surface area contributed by atoms with Gasteiger partial charge in [-0.05, 0) is 18.1 Å². The molecule has 28 heavy (non-hydrogen) atoms. The van der Waals surface area contributed by atoms with Crippen molar-refractivity contribution in [1.82, 2.24) is 15.6 Å². The van der Waals surface area contributed by atoms with E-state index in [1.165, 1.54) is 21.1 Å². The van der Waals surface area contributed by atoms with Crippen molar-refractivity contribution in [2.75, 3.05) is 44.8 Å². The predicted molar refractivity (Wildman–Crippen MR) is 128 cm³/mol. The van der Waals surface area contributed by atoms with Crippen LogP contribution in [0.25, 0.3) is 0 Å². The van der Waals surface area contributed by atoms with Crippen LogP contribution in [-0.4, -0.2) is 50.8 Å². The van der Waals surface area contributed by atoms with Crippen molar-refractivity contribution < 1.29 is 4.74 Å². The maximum absolute atomic E-state index is 5.48. The number of nitrogens with zero attached hydrogens (tertiary/aromatic N) is 3. The molecular weight excluding hydrogens is 485 g/mol. The molecule has 3 rings (SSSR count). The maximum atomic E-state index is 5.48. The van der Waals surface area contributed by atoms with Crippen molar-refractivity contribution >= 4 is 47.0 Å². The lowest BCUT2D eigenvalue weighted by Gasteiger charge is -2.30. The van der Waals surface area contributed by atoms with E-state index in [1.807, 2.05) is 13.2 Å². The molecule has 1 aromatic heterocycles. The van der Waals surface area contributed by atoms with E-state index in [2.05, 4.69) is 56.7 Å². The topological polar surface area (TPSA) is 61.8 Å². The van der Waals surface area contributed by atoms with Gasteiger partial charge in [0, 0.05) is 56.4 Å². The molecule has 0 saturated carbocycles. The molecule has 154 valence electrons. The van der Waals surface area contributed by atoms with Gasteiger partial charge in [0.05, 0.1) is 18.2 Å². The molecular formula is C20H30IN5OS. The zero-order valence-corrected chi connectivity index (χ0v) is 19.8. The van der Waals surface area contributed by atoms with E-state index in [4.69, 9.17) is 4.74 Å². The van der Waals surface area contributed by atoms with E-state index in [1.54, 1.807) is 11.3 Å². The number of guanidine groups is 1. The van der Waals surface area contributed by atoms with E-state index < -0.39 is 0 Å². The van der Waals surface area contributed by atoms with Crippen LogP contribution in [0.5, 0.6) is 0 Å². The number of aliphatic imine (C=N–C) groups is 1. The Hall–Kier alpha value is -1.39. The number of para-hydroxylation sites is 1. The van der Waals surface area contributed by atoms with Gasteiger partial charge < -0.3 is 20.3 Å². The second-order valence-electron chi connectivity index (χ2n) is 6.40. The van der Waals surface area contributed by atoms with Gasteiger partial charge in [-0.15, -0.1) is 35.3 Å². The van der Waals surface area contributed by atoms with Crippen LogP contribution < -0.4 is 15.5 Å². The minimum absolute atomic E-state index is 0. The predicted octanol–water partition coefficient (Wildman–Crippen LogP) is 3.07. The van der Waals surface area contributed by atoms with Crippen LogP contribution in [0.4, 0.5) is 5.69 Å². The van der Waals surface area contributed by atoms with Crippen molar-refractivity contribution in [3.63, 3.8) is 0 Å². The normalized spacial score (nSPS) is 14.5. The van der Waals surface area contributed by atoms with Crippen LogP contribution in [0, 0.1) is 0 Å². The lowest BCUT2D eigenvalue weighted by atomic mass is 10.1. The minimum Gasteiger partial charge on any atom is -0.378 e. The number of anilines is 1. The van der Waals surface area contributed by atoms with Crippen molar-refractivity contribution in [2.45, 2.75) is 26.3 Å². The van der Waals surface area contributed by atoms with Crippen LogP contribution in [0.2, 0.25) is 0 Å². The number of benzene rings is 1. The highest BCUT2D eigenvalue weighted by Crippen LogP contribution is 2.21. The fourth-order valence-corrected chi connectivity index (χ4v) is 3.95. The number of ether oxygens (including phenoxy) is 1. The van der Waals surface area contributed by atoms with Gasteiger partial charge in [-0.3, -0.25) is 4.99 Å². The zero-order valence-electron chi connectivity index (χ0n) is 16.6. The Kier molecular flexibility index (Phi) is 10.0. The van der Waals surface area contributed by atoms with Crippen molar-refractivity contribution in [1.29, 1.82) is 0 Å². The molecule has 0 atom stereocenters. The van der Waals surface area contributed by atoms with Gasteiger partial charge >= 0.3 is 0 Å². The van der Waals surface area contributed by atoms with Crippen LogP contribution in [0.3, 0.4) is 0 Å². The molecule has 1 fully saturated rings. The Morgan fingerprint density at radius 3 is 2.75 bits per heavy atom. The Morgan fingerprint density at radius 1 is 1.25 bits per heavy atom. The number of rotatable bonds is 7. The summed E-state index contributed by atoms with van der Waals surface area (Å²) in [5.74, 6) is 0.819. The lowest BCUT2D eigenvalue weighted by Crippen LogP contribution is -2.39. The lowest BCUT2D eigenvalue weighted by molar-refractivity contribution is 0.122. The molecule has 2 N–H and O–H groups in total. The largest absolute Gasteiger partial charge is 0.378 e. The van der Waals surface area contributed by atoms with E-state index in [0.29, 0.717) is 0 Å². The zero-order chi connectivity index (χ0) is 18.9. The number of aryl methyl sites for hydroxylation is 1. The van der Waals surface area contributed by atoms with Crippen molar-refractivity contribution in [3.05, 3.63) is 45.9 Å². The van der Waals surface area contributed by atoms with Crippen LogP contribution in [0.15, 0.2) is 35.5 Å². The summed E-state index contributed by atoms with van der Waals surface area (Å²) in [6.45, 7) is 7.19. The van der Waals surface area contributed by atoms with Gasteiger partial charge in [0.2, 0.25) is 0 Å². The second-order valence-corrected chi connectivity index (χ2v) is 7.60. The quantitative estimate of drug-likeness (QED) is 0.337. The fourth-order valence-electron chi connectivity index (χ4n) is 3.09. The minimum atomic E-state index is 0. The van der Waals surface area contributed by atoms with Gasteiger partial charge in [-0.2, -0.15) is 0 Å². The summed E-state index contributed by atoms with van der Waals surface area (Å²) in [6.07, 6.45) is 3.95. The molecule has 0 radical (unpaired) electrons. The highest BCUT2D eigenvalue weighted by atomic mass is 127. The van der Waals surface area contributed by atoms with Crippen LogP contribution in [-0.2, 0) is 24.1 Å². The molecule has 1 aromatic carbocycles. The van der Waals surface area contributed by atoms with Gasteiger partial charge in [0.25, 0.3) is 0 Å². The molecule has 0 spiro atoms. The summed E-state index contributed by atoms with van der Waals surface area (Å²) in [5, 5.41) is 7.99. The highest BCUT2D eigenvalue weighted by Gasteiger charge is 2.14. The van der Waals surface area contributed by atoms with Crippen molar-refractivity contribution in [3.8, 4) is 0 Å². The Balaban J connectivity index is 0.00000280. The summed E-state index contributed by atoms with van der Waals surface area (Å²) in [4.78, 5) is 12.5.